The van der Waals surface area contributed by atoms with Gasteiger partial charge in [0.05, 0.1) is 6.61 Å². The van der Waals surface area contributed by atoms with Crippen molar-refractivity contribution in [3.05, 3.63) is 58.2 Å². The van der Waals surface area contributed by atoms with Crippen LogP contribution in [0.15, 0.2) is 58.2 Å². The number of allylic oxidation sites excluding steroid dienone is 9. The topological polar surface area (TPSA) is 20.2 Å². The Kier molecular flexibility index (Phi) is 6.24. The average molecular weight is 312 g/mol. The van der Waals surface area contributed by atoms with Crippen LogP contribution >= 0.6 is 0 Å². The highest BCUT2D eigenvalue weighted by Gasteiger charge is 2.26. The molecule has 0 heterocycles. The second kappa shape index (κ2) is 7.97. The predicted molar refractivity (Wildman–Crippen MR) is 100 cm³/mol. The lowest BCUT2D eigenvalue weighted by Gasteiger charge is -2.33. The van der Waals surface area contributed by atoms with Crippen LogP contribution in [0.4, 0.5) is 0 Å². The molecular formula is C22H32O. The SMILES string of the molecule is CC1=C(/C=C/C2=C(/C=C/C(C)=C/CO)CCC2)C(C)(C)CCC1. The maximum Gasteiger partial charge on any atom is 0.0617 e. The van der Waals surface area contributed by atoms with E-state index >= 15 is 0 Å². The molecule has 0 atom stereocenters. The molecule has 0 unspecified atom stereocenters. The summed E-state index contributed by atoms with van der Waals surface area (Å²) >= 11 is 0. The minimum absolute atomic E-state index is 0.116. The summed E-state index contributed by atoms with van der Waals surface area (Å²) in [4.78, 5) is 0. The van der Waals surface area contributed by atoms with Crippen molar-refractivity contribution >= 4 is 0 Å². The van der Waals surface area contributed by atoms with E-state index < -0.39 is 0 Å². The van der Waals surface area contributed by atoms with Crippen LogP contribution in [-0.4, -0.2) is 11.7 Å². The van der Waals surface area contributed by atoms with Crippen molar-refractivity contribution in [1.82, 2.24) is 0 Å². The van der Waals surface area contributed by atoms with E-state index in [2.05, 4.69) is 45.1 Å². The number of hydrogen-bond acceptors (Lipinski definition) is 1. The molecule has 0 aliphatic heterocycles. The maximum atomic E-state index is 8.94. The smallest absolute Gasteiger partial charge is 0.0617 e. The fraction of sp³-hybridized carbons (Fsp3) is 0.545. The average Bonchev–Trinajstić information content (AvgIpc) is 2.92. The zero-order chi connectivity index (χ0) is 16.9. The fourth-order valence-corrected chi connectivity index (χ4v) is 3.81. The van der Waals surface area contributed by atoms with E-state index in [0.29, 0.717) is 5.41 Å². The molecule has 0 aromatic heterocycles. The van der Waals surface area contributed by atoms with Gasteiger partial charge in [0.25, 0.3) is 0 Å². The molecule has 1 nitrogen and oxygen atoms in total. The number of aliphatic hydroxyl groups is 1. The summed E-state index contributed by atoms with van der Waals surface area (Å²) in [6.07, 6.45) is 18.4. The van der Waals surface area contributed by atoms with Crippen LogP contribution in [0.1, 0.15) is 66.2 Å². The minimum Gasteiger partial charge on any atom is -0.392 e. The van der Waals surface area contributed by atoms with Crippen LogP contribution in [0, 0.1) is 5.41 Å². The molecular weight excluding hydrogens is 280 g/mol. The summed E-state index contributed by atoms with van der Waals surface area (Å²) in [6, 6.07) is 0. The van der Waals surface area contributed by atoms with Crippen LogP contribution in [0.25, 0.3) is 0 Å². The van der Waals surface area contributed by atoms with Crippen LogP contribution in [0.2, 0.25) is 0 Å². The number of rotatable bonds is 5. The summed E-state index contributed by atoms with van der Waals surface area (Å²) in [7, 11) is 0. The number of hydrogen-bond donors (Lipinski definition) is 1. The minimum atomic E-state index is 0.116. The van der Waals surface area contributed by atoms with Gasteiger partial charge in [-0.2, -0.15) is 0 Å². The third-order valence-corrected chi connectivity index (χ3v) is 5.26. The first-order valence-electron chi connectivity index (χ1n) is 9.00. The lowest BCUT2D eigenvalue weighted by atomic mass is 9.72. The second-order valence-corrected chi connectivity index (χ2v) is 7.63. The van der Waals surface area contributed by atoms with Crippen molar-refractivity contribution in [2.24, 2.45) is 5.41 Å². The van der Waals surface area contributed by atoms with E-state index in [-0.39, 0.29) is 6.61 Å². The van der Waals surface area contributed by atoms with Gasteiger partial charge in [0.2, 0.25) is 0 Å². The molecule has 126 valence electrons. The van der Waals surface area contributed by atoms with E-state index in [9.17, 15) is 0 Å². The van der Waals surface area contributed by atoms with Gasteiger partial charge in [0.15, 0.2) is 0 Å². The summed E-state index contributed by atoms with van der Waals surface area (Å²) in [5.74, 6) is 0. The molecule has 23 heavy (non-hydrogen) atoms. The third-order valence-electron chi connectivity index (χ3n) is 5.26. The zero-order valence-corrected chi connectivity index (χ0v) is 15.3. The molecule has 2 aliphatic carbocycles. The van der Waals surface area contributed by atoms with Crippen molar-refractivity contribution in [3.63, 3.8) is 0 Å². The van der Waals surface area contributed by atoms with Gasteiger partial charge in [-0.25, -0.2) is 0 Å². The van der Waals surface area contributed by atoms with Crippen molar-refractivity contribution in [2.75, 3.05) is 6.61 Å². The highest BCUT2D eigenvalue weighted by Crippen LogP contribution is 2.41. The van der Waals surface area contributed by atoms with E-state index in [4.69, 9.17) is 5.11 Å². The van der Waals surface area contributed by atoms with Crippen LogP contribution in [0.5, 0.6) is 0 Å². The van der Waals surface area contributed by atoms with Crippen molar-refractivity contribution < 1.29 is 5.11 Å². The molecule has 1 heteroatoms. The standard InChI is InChI=1S/C22H32O/c1-17(14-16-23)10-11-19-8-5-9-20(19)12-13-21-18(2)7-6-15-22(21,3)4/h10-14,23H,5-9,15-16H2,1-4H3/b11-10+,13-12+,17-14+. The van der Waals surface area contributed by atoms with Gasteiger partial charge in [0.1, 0.15) is 0 Å². The monoisotopic (exact) mass is 312 g/mol. The highest BCUT2D eigenvalue weighted by molar-refractivity contribution is 5.42. The fourth-order valence-electron chi connectivity index (χ4n) is 3.81. The Morgan fingerprint density at radius 1 is 1.04 bits per heavy atom. The summed E-state index contributed by atoms with van der Waals surface area (Å²) in [5.41, 5.74) is 7.49. The first-order valence-corrected chi connectivity index (χ1v) is 9.00. The lowest BCUT2D eigenvalue weighted by Crippen LogP contribution is -2.19. The van der Waals surface area contributed by atoms with E-state index in [1.807, 2.05) is 13.0 Å². The molecule has 0 aromatic rings. The van der Waals surface area contributed by atoms with Gasteiger partial charge in [0, 0.05) is 0 Å². The molecule has 0 saturated heterocycles. The van der Waals surface area contributed by atoms with Gasteiger partial charge in [-0.3, -0.25) is 0 Å². The first-order chi connectivity index (χ1) is 10.9. The van der Waals surface area contributed by atoms with Crippen LogP contribution < -0.4 is 0 Å². The van der Waals surface area contributed by atoms with Crippen LogP contribution in [-0.2, 0) is 0 Å². The van der Waals surface area contributed by atoms with Gasteiger partial charge >= 0.3 is 0 Å². The first kappa shape index (κ1) is 18.0. The molecule has 1 N–H and O–H groups in total. The largest absolute Gasteiger partial charge is 0.392 e. The van der Waals surface area contributed by atoms with E-state index in [0.717, 1.165) is 5.57 Å². The Bertz CT molecular complexity index is 579. The molecule has 0 spiro atoms. The summed E-state index contributed by atoms with van der Waals surface area (Å²) in [6.45, 7) is 9.21. The van der Waals surface area contributed by atoms with Gasteiger partial charge in [-0.15, -0.1) is 0 Å². The van der Waals surface area contributed by atoms with E-state index in [1.165, 1.54) is 49.7 Å². The molecule has 2 aliphatic rings. The maximum absolute atomic E-state index is 8.94. The molecule has 0 fully saturated rings. The Hall–Kier alpha value is -1.34. The van der Waals surface area contributed by atoms with E-state index in [1.54, 1.807) is 11.1 Å². The van der Waals surface area contributed by atoms with Crippen molar-refractivity contribution in [2.45, 2.75) is 66.2 Å². The second-order valence-electron chi connectivity index (χ2n) is 7.63. The van der Waals surface area contributed by atoms with Gasteiger partial charge < -0.3 is 5.11 Å². The Morgan fingerprint density at radius 2 is 1.74 bits per heavy atom. The Balaban J connectivity index is 2.20. The molecule has 0 bridgehead atoms. The summed E-state index contributed by atoms with van der Waals surface area (Å²) in [5, 5.41) is 8.94. The Morgan fingerprint density at radius 3 is 2.39 bits per heavy atom. The van der Waals surface area contributed by atoms with Gasteiger partial charge in [-0.1, -0.05) is 55.4 Å². The molecule has 2 rings (SSSR count). The molecule has 0 radical (unpaired) electrons. The molecule has 0 saturated carbocycles. The zero-order valence-electron chi connectivity index (χ0n) is 15.3. The normalized spacial score (nSPS) is 22.9. The lowest BCUT2D eigenvalue weighted by molar-refractivity contribution is 0.342. The quantitative estimate of drug-likeness (QED) is 0.613. The predicted octanol–water partition coefficient (Wildman–Crippen LogP) is 6.04. The van der Waals surface area contributed by atoms with Crippen LogP contribution in [0.3, 0.4) is 0 Å². The third kappa shape index (κ3) is 4.81. The molecule has 0 aromatic carbocycles. The van der Waals surface area contributed by atoms with Crippen molar-refractivity contribution in [3.8, 4) is 0 Å². The molecule has 0 amide bonds. The van der Waals surface area contributed by atoms with Gasteiger partial charge in [-0.05, 0) is 74.5 Å². The van der Waals surface area contributed by atoms with Crippen molar-refractivity contribution in [1.29, 1.82) is 0 Å². The number of aliphatic hydroxyl groups excluding tert-OH is 1. The summed E-state index contributed by atoms with van der Waals surface area (Å²) < 4.78 is 0. The highest BCUT2D eigenvalue weighted by atomic mass is 16.2. The Labute approximate surface area is 142 Å².